The largest absolute Gasteiger partial charge is 0.490 e. The van der Waals surface area contributed by atoms with Gasteiger partial charge in [-0.2, -0.15) is 0 Å². The van der Waals surface area contributed by atoms with Crippen LogP contribution in [0.25, 0.3) is 10.8 Å². The number of fused-ring (bicyclic) bond motifs is 6. The summed E-state index contributed by atoms with van der Waals surface area (Å²) < 4.78 is 12.4. The molecule has 0 radical (unpaired) electrons. The van der Waals surface area contributed by atoms with Crippen molar-refractivity contribution >= 4 is 10.8 Å². The second kappa shape index (κ2) is 7.33. The zero-order valence-electron chi connectivity index (χ0n) is 16.5. The molecule has 0 spiro atoms. The lowest BCUT2D eigenvalue weighted by atomic mass is 9.85. The highest BCUT2D eigenvalue weighted by Gasteiger charge is 2.43. The second-order valence-corrected chi connectivity index (χ2v) is 8.21. The Morgan fingerprint density at radius 3 is 2.15 bits per heavy atom. The summed E-state index contributed by atoms with van der Waals surface area (Å²) in [6.45, 7) is 6.26. The highest BCUT2D eigenvalue weighted by atomic mass is 16.5. The van der Waals surface area contributed by atoms with E-state index in [-0.39, 0.29) is 0 Å². The van der Waals surface area contributed by atoms with Gasteiger partial charge in [-0.15, -0.1) is 0 Å². The van der Waals surface area contributed by atoms with Crippen LogP contribution >= 0.6 is 0 Å². The molecule has 2 aliphatic carbocycles. The van der Waals surface area contributed by atoms with Crippen molar-refractivity contribution < 1.29 is 19.7 Å². The highest BCUT2D eigenvalue weighted by molar-refractivity contribution is 5.99. The maximum atomic E-state index is 9.82. The van der Waals surface area contributed by atoms with Crippen molar-refractivity contribution in [3.05, 3.63) is 34.9 Å². The molecule has 2 N–H and O–H groups in total. The molecule has 0 amide bonds. The van der Waals surface area contributed by atoms with Crippen LogP contribution in [0, 0.1) is 0 Å². The van der Waals surface area contributed by atoms with Crippen LogP contribution in [0.15, 0.2) is 18.2 Å². The maximum absolute atomic E-state index is 9.82. The van der Waals surface area contributed by atoms with Crippen LogP contribution in [0.3, 0.4) is 0 Å². The van der Waals surface area contributed by atoms with E-state index in [9.17, 15) is 10.2 Å². The number of aliphatic hydroxyl groups excluding tert-OH is 2. The average Bonchev–Trinajstić information content (AvgIpc) is 3.25. The normalized spacial score (nSPS) is 22.7. The van der Waals surface area contributed by atoms with Gasteiger partial charge in [0.2, 0.25) is 0 Å². The first-order valence-electron chi connectivity index (χ1n) is 10.2. The molecule has 0 heterocycles. The predicted octanol–water partition coefficient (Wildman–Crippen LogP) is 4.29. The Balaban J connectivity index is 1.97. The second-order valence-electron chi connectivity index (χ2n) is 8.21. The third-order valence-corrected chi connectivity index (χ3v) is 5.97. The molecule has 2 aromatic rings. The number of benzene rings is 2. The van der Waals surface area contributed by atoms with Crippen molar-refractivity contribution in [3.63, 3.8) is 0 Å². The van der Waals surface area contributed by atoms with E-state index >= 15 is 0 Å². The Bertz CT molecular complexity index is 840. The molecule has 4 heteroatoms. The summed E-state index contributed by atoms with van der Waals surface area (Å²) >= 11 is 0. The minimum atomic E-state index is -0.505. The average molecular weight is 370 g/mol. The van der Waals surface area contributed by atoms with Crippen molar-refractivity contribution in [2.45, 2.75) is 70.5 Å². The first-order chi connectivity index (χ1) is 13.0. The van der Waals surface area contributed by atoms with Crippen molar-refractivity contribution in [2.75, 3.05) is 13.2 Å². The van der Waals surface area contributed by atoms with E-state index in [0.717, 1.165) is 35.1 Å². The number of hydrogen-bond acceptors (Lipinski definition) is 4. The van der Waals surface area contributed by atoms with Crippen LogP contribution in [0.5, 0.6) is 11.5 Å². The molecule has 4 atom stereocenters. The zero-order chi connectivity index (χ0) is 19.1. The fraction of sp³-hybridized carbons (Fsp3) is 0.565. The van der Waals surface area contributed by atoms with Gasteiger partial charge >= 0.3 is 0 Å². The lowest BCUT2D eigenvalue weighted by Crippen LogP contribution is -2.17. The minimum absolute atomic E-state index is 0.295. The molecule has 1 fully saturated rings. The van der Waals surface area contributed by atoms with Gasteiger partial charge in [0.05, 0.1) is 12.2 Å². The SMILES string of the molecule is CCc1cccc2c(OCC(C)O)c3c(c(OCC(C)O)c12)C1CCC3C1. The fourth-order valence-corrected chi connectivity index (χ4v) is 4.91. The van der Waals surface area contributed by atoms with E-state index in [4.69, 9.17) is 9.47 Å². The van der Waals surface area contributed by atoms with Crippen molar-refractivity contribution in [3.8, 4) is 11.5 Å². The van der Waals surface area contributed by atoms with Crippen LogP contribution in [-0.2, 0) is 6.42 Å². The van der Waals surface area contributed by atoms with Crippen LogP contribution in [0.4, 0.5) is 0 Å². The highest BCUT2D eigenvalue weighted by Crippen LogP contribution is 2.61. The van der Waals surface area contributed by atoms with E-state index < -0.39 is 12.2 Å². The van der Waals surface area contributed by atoms with Crippen molar-refractivity contribution in [1.82, 2.24) is 0 Å². The molecule has 27 heavy (non-hydrogen) atoms. The fourth-order valence-electron chi connectivity index (χ4n) is 4.91. The molecule has 0 aliphatic heterocycles. The van der Waals surface area contributed by atoms with E-state index in [1.807, 2.05) is 0 Å². The van der Waals surface area contributed by atoms with E-state index in [2.05, 4.69) is 25.1 Å². The zero-order valence-corrected chi connectivity index (χ0v) is 16.5. The molecule has 146 valence electrons. The lowest BCUT2D eigenvalue weighted by molar-refractivity contribution is 0.120. The molecular formula is C23H30O4. The number of aryl methyl sites for hydroxylation is 1. The Kier molecular flexibility index (Phi) is 5.04. The predicted molar refractivity (Wildman–Crippen MR) is 107 cm³/mol. The molecule has 1 saturated carbocycles. The molecular weight excluding hydrogens is 340 g/mol. The van der Waals surface area contributed by atoms with Crippen molar-refractivity contribution in [1.29, 1.82) is 0 Å². The van der Waals surface area contributed by atoms with Gasteiger partial charge in [-0.1, -0.05) is 25.1 Å². The lowest BCUT2D eigenvalue weighted by Gasteiger charge is -2.26. The van der Waals surface area contributed by atoms with Gasteiger partial charge in [-0.25, -0.2) is 0 Å². The van der Waals surface area contributed by atoms with Gasteiger partial charge in [0, 0.05) is 21.9 Å². The molecule has 2 aliphatic rings. The number of hydrogen-bond donors (Lipinski definition) is 2. The standard InChI is InChI=1S/C23H30O4/c1-4-15-6-5-7-18-19(15)23(27-12-14(3)25)21-17-9-8-16(10-17)20(21)22(18)26-11-13(2)24/h5-7,13-14,16-17,24-25H,4,8-12H2,1-3H3. The van der Waals surface area contributed by atoms with E-state index in [1.165, 1.54) is 29.5 Å². The monoisotopic (exact) mass is 370 g/mol. The summed E-state index contributed by atoms with van der Waals surface area (Å²) in [7, 11) is 0. The maximum Gasteiger partial charge on any atom is 0.131 e. The summed E-state index contributed by atoms with van der Waals surface area (Å²) in [5.41, 5.74) is 3.81. The number of aliphatic hydroxyl groups is 2. The summed E-state index contributed by atoms with van der Waals surface area (Å²) in [5, 5.41) is 21.8. The third-order valence-electron chi connectivity index (χ3n) is 5.97. The summed E-state index contributed by atoms with van der Waals surface area (Å²) in [4.78, 5) is 0. The Morgan fingerprint density at radius 2 is 1.56 bits per heavy atom. The van der Waals surface area contributed by atoms with E-state index in [1.54, 1.807) is 13.8 Å². The van der Waals surface area contributed by atoms with Gasteiger partial charge in [-0.05, 0) is 56.9 Å². The Labute approximate surface area is 161 Å². The smallest absolute Gasteiger partial charge is 0.131 e. The van der Waals surface area contributed by atoms with Gasteiger partial charge < -0.3 is 19.7 Å². The quantitative estimate of drug-likeness (QED) is 0.763. The molecule has 4 unspecified atom stereocenters. The van der Waals surface area contributed by atoms with Gasteiger partial charge in [-0.3, -0.25) is 0 Å². The van der Waals surface area contributed by atoms with Crippen LogP contribution in [0.2, 0.25) is 0 Å². The number of ether oxygens (including phenoxy) is 2. The molecule has 0 aromatic heterocycles. The van der Waals surface area contributed by atoms with Gasteiger partial charge in [0.15, 0.2) is 0 Å². The van der Waals surface area contributed by atoms with E-state index in [0.29, 0.717) is 25.0 Å². The summed E-state index contributed by atoms with van der Waals surface area (Å²) in [6.07, 6.45) is 3.44. The summed E-state index contributed by atoms with van der Waals surface area (Å²) in [6, 6.07) is 6.33. The first-order valence-corrected chi connectivity index (χ1v) is 10.2. The topological polar surface area (TPSA) is 58.9 Å². The molecule has 2 aromatic carbocycles. The third kappa shape index (κ3) is 3.19. The van der Waals surface area contributed by atoms with Gasteiger partial charge in [0.1, 0.15) is 24.7 Å². The van der Waals surface area contributed by atoms with Crippen LogP contribution in [-0.4, -0.2) is 35.6 Å². The minimum Gasteiger partial charge on any atom is -0.490 e. The Morgan fingerprint density at radius 1 is 0.963 bits per heavy atom. The molecule has 0 saturated heterocycles. The molecule has 4 rings (SSSR count). The molecule has 4 nitrogen and oxygen atoms in total. The molecule has 2 bridgehead atoms. The van der Waals surface area contributed by atoms with Gasteiger partial charge in [0.25, 0.3) is 0 Å². The van der Waals surface area contributed by atoms with Crippen molar-refractivity contribution in [2.24, 2.45) is 0 Å². The van der Waals surface area contributed by atoms with Crippen LogP contribution < -0.4 is 9.47 Å². The van der Waals surface area contributed by atoms with Crippen LogP contribution in [0.1, 0.15) is 68.6 Å². The first kappa shape index (κ1) is 18.6. The summed E-state index contributed by atoms with van der Waals surface area (Å²) in [5.74, 6) is 2.91. The number of rotatable bonds is 7. The Hall–Kier alpha value is -1.78.